The zero-order valence-corrected chi connectivity index (χ0v) is 12.1. The van der Waals surface area contributed by atoms with Gasteiger partial charge >= 0.3 is 0 Å². The molecule has 1 rings (SSSR count). The highest BCUT2D eigenvalue weighted by molar-refractivity contribution is 8.00. The maximum atomic E-state index is 2.37. The number of hydrogen-bond acceptors (Lipinski definition) is 1. The van der Waals surface area contributed by atoms with Crippen LogP contribution in [0.4, 0.5) is 0 Å². The van der Waals surface area contributed by atoms with Gasteiger partial charge in [-0.15, -0.1) is 0 Å². The highest BCUT2D eigenvalue weighted by Gasteiger charge is 2.32. The predicted octanol–water partition coefficient (Wildman–Crippen LogP) is 5.09. The van der Waals surface area contributed by atoms with E-state index in [4.69, 9.17) is 0 Å². The van der Waals surface area contributed by atoms with Crippen LogP contribution in [0.3, 0.4) is 0 Å². The molecular weight excluding hydrogens is 199 g/mol. The van der Waals surface area contributed by atoms with E-state index in [-0.39, 0.29) is 15.8 Å². The molecule has 0 aromatic rings. The van der Waals surface area contributed by atoms with Gasteiger partial charge in [0.2, 0.25) is 0 Å². The average Bonchev–Trinajstić information content (AvgIpc) is 2.40. The molecule has 0 N–H and O–H groups in total. The second-order valence-electron chi connectivity index (χ2n) is 3.26. The van der Waals surface area contributed by atoms with Gasteiger partial charge in [-0.25, -0.2) is 0 Å². The van der Waals surface area contributed by atoms with E-state index in [9.17, 15) is 0 Å². The molecule has 0 nitrogen and oxygen atoms in total. The summed E-state index contributed by atoms with van der Waals surface area (Å²) in [4.78, 5) is 0. The second kappa shape index (κ2) is 14.4. The molecule has 0 spiro atoms. The van der Waals surface area contributed by atoms with Crippen molar-refractivity contribution >= 4 is 20.2 Å². The Morgan fingerprint density at radius 2 is 0.867 bits per heavy atom. The maximum absolute atomic E-state index is 2.37. The Kier molecular flexibility index (Phi) is 23.6. The van der Waals surface area contributed by atoms with Crippen molar-refractivity contribution in [3.63, 3.8) is 0 Å². The summed E-state index contributed by atoms with van der Waals surface area (Å²) in [7, 11) is 0. The van der Waals surface area contributed by atoms with E-state index in [2.05, 4.69) is 39.5 Å². The van der Waals surface area contributed by atoms with Crippen molar-refractivity contribution in [2.75, 3.05) is 0 Å². The van der Waals surface area contributed by atoms with Crippen molar-refractivity contribution in [2.24, 2.45) is 11.8 Å². The van der Waals surface area contributed by atoms with Gasteiger partial charge in [0.25, 0.3) is 0 Å². The van der Waals surface area contributed by atoms with Crippen molar-refractivity contribution in [3.05, 3.63) is 0 Å². The highest BCUT2D eigenvalue weighted by Crippen LogP contribution is 2.41. The van der Waals surface area contributed by atoms with Crippen LogP contribution in [0.1, 0.15) is 62.8 Å². The fourth-order valence-electron chi connectivity index (χ4n) is 1.44. The molecular formula is C13H32BS. The molecule has 0 bridgehead atoms. The molecule has 1 aliphatic rings. The van der Waals surface area contributed by atoms with Gasteiger partial charge < -0.3 is 0 Å². The van der Waals surface area contributed by atoms with Crippen LogP contribution in [0.15, 0.2) is 0 Å². The molecule has 1 heterocycles. The van der Waals surface area contributed by atoms with E-state index >= 15 is 0 Å². The normalized spacial score (nSPS) is 32.0. The fraction of sp³-hybridized carbons (Fsp3) is 1.00. The summed E-state index contributed by atoms with van der Waals surface area (Å²) in [5.74, 6) is 1.84. The predicted molar refractivity (Wildman–Crippen MR) is 80.0 cm³/mol. The molecule has 1 saturated heterocycles. The first-order valence-corrected chi connectivity index (χ1v) is 6.72. The Morgan fingerprint density at radius 3 is 0.933 bits per heavy atom. The van der Waals surface area contributed by atoms with Gasteiger partial charge in [-0.3, -0.25) is 0 Å². The number of rotatable bonds is 0. The summed E-state index contributed by atoms with van der Waals surface area (Å²) in [6.07, 6.45) is 0. The van der Waals surface area contributed by atoms with Gasteiger partial charge in [0, 0.05) is 18.9 Å². The highest BCUT2D eigenvalue weighted by atomic mass is 32.2. The number of thioether (sulfide) groups is 1. The molecule has 93 valence electrons. The Hall–Kier alpha value is 0.415. The lowest BCUT2D eigenvalue weighted by Crippen LogP contribution is -2.12. The topological polar surface area (TPSA) is 0 Å². The standard InChI is InChI=1S/C8H16S.2C2H6.CH4.B/c1-5-6(2)8(4)9-7(5)3;2*1-2;;/h5-8H,1-4H3;2*1-2H3;1H4;. The molecule has 15 heavy (non-hydrogen) atoms. The first-order chi connectivity index (χ1) is 6.13. The molecule has 4 atom stereocenters. The van der Waals surface area contributed by atoms with E-state index in [0.29, 0.717) is 0 Å². The van der Waals surface area contributed by atoms with Crippen LogP contribution in [0.5, 0.6) is 0 Å². The quantitative estimate of drug-likeness (QED) is 0.523. The molecule has 3 radical (unpaired) electrons. The summed E-state index contributed by atoms with van der Waals surface area (Å²) in [5.41, 5.74) is 0. The van der Waals surface area contributed by atoms with E-state index < -0.39 is 0 Å². The van der Waals surface area contributed by atoms with Crippen molar-refractivity contribution in [1.82, 2.24) is 0 Å². The third kappa shape index (κ3) is 8.25. The third-order valence-electron chi connectivity index (χ3n) is 2.74. The van der Waals surface area contributed by atoms with Crippen LogP contribution >= 0.6 is 11.8 Å². The molecule has 0 aromatic carbocycles. The van der Waals surface area contributed by atoms with Gasteiger partial charge in [0.05, 0.1) is 0 Å². The molecule has 0 aromatic heterocycles. The van der Waals surface area contributed by atoms with E-state index in [1.54, 1.807) is 0 Å². The van der Waals surface area contributed by atoms with Crippen molar-refractivity contribution in [2.45, 2.75) is 73.3 Å². The summed E-state index contributed by atoms with van der Waals surface area (Å²) in [6, 6.07) is 0. The van der Waals surface area contributed by atoms with E-state index in [1.807, 2.05) is 27.7 Å². The van der Waals surface area contributed by atoms with E-state index in [1.165, 1.54) is 0 Å². The summed E-state index contributed by atoms with van der Waals surface area (Å²) in [6.45, 7) is 17.4. The van der Waals surface area contributed by atoms with Crippen molar-refractivity contribution < 1.29 is 0 Å². The molecule has 2 heteroatoms. The van der Waals surface area contributed by atoms with Gasteiger partial charge in [0.15, 0.2) is 0 Å². The van der Waals surface area contributed by atoms with Crippen LogP contribution < -0.4 is 0 Å². The zero-order chi connectivity index (χ0) is 11.0. The molecule has 1 fully saturated rings. The molecule has 0 saturated carbocycles. The Bertz CT molecular complexity index is 94.7. The van der Waals surface area contributed by atoms with Gasteiger partial charge in [0.1, 0.15) is 0 Å². The van der Waals surface area contributed by atoms with Crippen LogP contribution in [-0.2, 0) is 0 Å². The maximum Gasteiger partial charge on any atom is 0.00500 e. The van der Waals surface area contributed by atoms with Crippen LogP contribution in [0.25, 0.3) is 0 Å². The monoisotopic (exact) mass is 231 g/mol. The smallest absolute Gasteiger partial charge is 0.00500 e. The van der Waals surface area contributed by atoms with Gasteiger partial charge in [-0.1, -0.05) is 62.8 Å². The van der Waals surface area contributed by atoms with Crippen LogP contribution in [0, 0.1) is 11.8 Å². The van der Waals surface area contributed by atoms with E-state index in [0.717, 1.165) is 22.3 Å². The minimum Gasteiger partial charge on any atom is -0.155 e. The lowest BCUT2D eigenvalue weighted by Gasteiger charge is -2.12. The Balaban J connectivity index is -0.0000000910. The summed E-state index contributed by atoms with van der Waals surface area (Å²) in [5, 5.41) is 1.77. The SMILES string of the molecule is C.CC.CC.CC1SC(C)C(C)C1C.[B]. The van der Waals surface area contributed by atoms with Gasteiger partial charge in [-0.2, -0.15) is 11.8 Å². The van der Waals surface area contributed by atoms with Crippen LogP contribution in [0.2, 0.25) is 0 Å². The minimum atomic E-state index is 0. The first-order valence-electron chi connectivity index (χ1n) is 5.78. The largest absolute Gasteiger partial charge is 0.155 e. The summed E-state index contributed by atoms with van der Waals surface area (Å²) >= 11 is 2.14. The average molecular weight is 231 g/mol. The molecule has 4 unspecified atom stereocenters. The lowest BCUT2D eigenvalue weighted by atomic mass is 9.92. The minimum absolute atomic E-state index is 0. The first kappa shape index (κ1) is 24.6. The Morgan fingerprint density at radius 1 is 0.667 bits per heavy atom. The second-order valence-corrected chi connectivity index (χ2v) is 5.02. The van der Waals surface area contributed by atoms with Crippen LogP contribution in [-0.4, -0.2) is 18.9 Å². The van der Waals surface area contributed by atoms with Crippen molar-refractivity contribution in [1.29, 1.82) is 0 Å². The summed E-state index contributed by atoms with van der Waals surface area (Å²) < 4.78 is 0. The number of hydrogen-bond donors (Lipinski definition) is 0. The lowest BCUT2D eigenvalue weighted by molar-refractivity contribution is 0.413. The Labute approximate surface area is 106 Å². The fourth-order valence-corrected chi connectivity index (χ4v) is 3.11. The molecule has 0 amide bonds. The third-order valence-corrected chi connectivity index (χ3v) is 4.46. The molecule has 0 aliphatic carbocycles. The van der Waals surface area contributed by atoms with Crippen molar-refractivity contribution in [3.8, 4) is 0 Å². The van der Waals surface area contributed by atoms with Gasteiger partial charge in [-0.05, 0) is 11.8 Å². The zero-order valence-electron chi connectivity index (χ0n) is 11.3. The molecule has 1 aliphatic heterocycles.